The van der Waals surface area contributed by atoms with Crippen molar-refractivity contribution in [2.24, 2.45) is 0 Å². The molecular weight excluding hydrogens is 192 g/mol. The number of aryl methyl sites for hydroxylation is 1. The van der Waals surface area contributed by atoms with Crippen molar-refractivity contribution in [3.63, 3.8) is 0 Å². The van der Waals surface area contributed by atoms with Crippen LogP contribution in [0, 0.1) is 0 Å². The van der Waals surface area contributed by atoms with E-state index in [0.717, 1.165) is 11.1 Å². The molecule has 0 aliphatic carbocycles. The van der Waals surface area contributed by atoms with Gasteiger partial charge in [-0.05, 0) is 24.5 Å². The maximum Gasteiger partial charge on any atom is 0.342 e. The standard InChI is InChI=1S/C12H14O3/c1-3-8-4-5-9-6-7(2)15-12(14)10(9)11(8)13/h4-5,7,13H,3,6H2,1-2H3. The number of carbonyl (C=O) groups excluding carboxylic acids is 1. The average Bonchev–Trinajstić information content (AvgIpc) is 2.17. The van der Waals surface area contributed by atoms with Crippen molar-refractivity contribution >= 4 is 5.97 Å². The maximum absolute atomic E-state index is 11.6. The molecule has 3 nitrogen and oxygen atoms in total. The number of fused-ring (bicyclic) bond motifs is 1. The molecule has 0 bridgehead atoms. The van der Waals surface area contributed by atoms with Crippen LogP contribution in [0.25, 0.3) is 0 Å². The highest BCUT2D eigenvalue weighted by Crippen LogP contribution is 2.31. The number of carbonyl (C=O) groups is 1. The summed E-state index contributed by atoms with van der Waals surface area (Å²) in [4.78, 5) is 11.6. The van der Waals surface area contributed by atoms with E-state index in [1.807, 2.05) is 26.0 Å². The fourth-order valence-corrected chi connectivity index (χ4v) is 1.95. The van der Waals surface area contributed by atoms with Gasteiger partial charge in [0.25, 0.3) is 0 Å². The van der Waals surface area contributed by atoms with Gasteiger partial charge in [0.1, 0.15) is 17.4 Å². The number of hydrogen-bond acceptors (Lipinski definition) is 3. The zero-order chi connectivity index (χ0) is 11.0. The molecule has 0 fully saturated rings. The summed E-state index contributed by atoms with van der Waals surface area (Å²) in [6.45, 7) is 3.80. The van der Waals surface area contributed by atoms with Crippen molar-refractivity contribution in [1.29, 1.82) is 0 Å². The minimum Gasteiger partial charge on any atom is -0.507 e. The first-order valence-electron chi connectivity index (χ1n) is 5.18. The number of hydrogen-bond donors (Lipinski definition) is 1. The van der Waals surface area contributed by atoms with E-state index in [2.05, 4.69) is 0 Å². The molecule has 80 valence electrons. The number of aromatic hydroxyl groups is 1. The number of benzene rings is 1. The first kappa shape index (κ1) is 10.0. The summed E-state index contributed by atoms with van der Waals surface area (Å²) < 4.78 is 5.09. The number of phenols is 1. The van der Waals surface area contributed by atoms with Crippen molar-refractivity contribution in [2.75, 3.05) is 0 Å². The van der Waals surface area contributed by atoms with Crippen LogP contribution < -0.4 is 0 Å². The Morgan fingerprint density at radius 3 is 2.93 bits per heavy atom. The van der Waals surface area contributed by atoms with Crippen molar-refractivity contribution in [3.05, 3.63) is 28.8 Å². The van der Waals surface area contributed by atoms with Crippen molar-refractivity contribution in [3.8, 4) is 5.75 Å². The minimum absolute atomic E-state index is 0.0897. The van der Waals surface area contributed by atoms with Crippen molar-refractivity contribution in [1.82, 2.24) is 0 Å². The first-order valence-corrected chi connectivity index (χ1v) is 5.18. The zero-order valence-corrected chi connectivity index (χ0v) is 8.91. The summed E-state index contributed by atoms with van der Waals surface area (Å²) in [7, 11) is 0. The van der Waals surface area contributed by atoms with Gasteiger partial charge >= 0.3 is 5.97 Å². The van der Waals surface area contributed by atoms with Crippen LogP contribution in [-0.2, 0) is 17.6 Å². The van der Waals surface area contributed by atoms with Crippen LogP contribution in [-0.4, -0.2) is 17.2 Å². The van der Waals surface area contributed by atoms with E-state index in [4.69, 9.17) is 4.74 Å². The molecule has 1 atom stereocenters. The first-order chi connectivity index (χ1) is 7.13. The lowest BCUT2D eigenvalue weighted by Crippen LogP contribution is -2.25. The van der Waals surface area contributed by atoms with Gasteiger partial charge in [0.05, 0.1) is 0 Å². The average molecular weight is 206 g/mol. The van der Waals surface area contributed by atoms with Crippen LogP contribution in [0.1, 0.15) is 35.3 Å². The molecule has 2 rings (SSSR count). The van der Waals surface area contributed by atoms with Crippen LogP contribution in [0.15, 0.2) is 12.1 Å². The third kappa shape index (κ3) is 1.58. The van der Waals surface area contributed by atoms with Gasteiger partial charge < -0.3 is 9.84 Å². The number of ether oxygens (including phenoxy) is 1. The zero-order valence-electron chi connectivity index (χ0n) is 8.91. The number of phenolic OH excluding ortho intramolecular Hbond substituents is 1. The van der Waals surface area contributed by atoms with E-state index in [1.54, 1.807) is 0 Å². The molecule has 1 N–H and O–H groups in total. The molecule has 1 heterocycles. The molecule has 0 amide bonds. The van der Waals surface area contributed by atoms with E-state index < -0.39 is 5.97 Å². The second-order valence-electron chi connectivity index (χ2n) is 3.88. The molecule has 0 radical (unpaired) electrons. The van der Waals surface area contributed by atoms with Gasteiger partial charge in [-0.15, -0.1) is 0 Å². The summed E-state index contributed by atoms with van der Waals surface area (Å²) in [5.74, 6) is -0.316. The van der Waals surface area contributed by atoms with Gasteiger partial charge in [-0.3, -0.25) is 0 Å². The van der Waals surface area contributed by atoms with Crippen LogP contribution in [0.2, 0.25) is 0 Å². The molecule has 1 aliphatic heterocycles. The van der Waals surface area contributed by atoms with Crippen LogP contribution >= 0.6 is 0 Å². The SMILES string of the molecule is CCc1ccc2c(c1O)C(=O)OC(C)C2. The van der Waals surface area contributed by atoms with Crippen molar-refractivity contribution in [2.45, 2.75) is 32.8 Å². The highest BCUT2D eigenvalue weighted by molar-refractivity contribution is 5.95. The fraction of sp³-hybridized carbons (Fsp3) is 0.417. The Morgan fingerprint density at radius 2 is 2.27 bits per heavy atom. The quantitative estimate of drug-likeness (QED) is 0.715. The summed E-state index contributed by atoms with van der Waals surface area (Å²) in [5, 5.41) is 9.89. The third-order valence-electron chi connectivity index (χ3n) is 2.75. The van der Waals surface area contributed by atoms with Crippen LogP contribution in [0.5, 0.6) is 5.75 Å². The molecule has 0 spiro atoms. The summed E-state index contributed by atoms with van der Waals surface area (Å²) in [5.41, 5.74) is 2.03. The number of esters is 1. The Hall–Kier alpha value is -1.51. The molecule has 1 unspecified atom stereocenters. The Labute approximate surface area is 88.7 Å². The van der Waals surface area contributed by atoms with Crippen LogP contribution in [0.3, 0.4) is 0 Å². The lowest BCUT2D eigenvalue weighted by Gasteiger charge is -2.23. The van der Waals surface area contributed by atoms with Gasteiger partial charge in [-0.25, -0.2) is 4.79 Å². The topological polar surface area (TPSA) is 46.5 Å². The van der Waals surface area contributed by atoms with Gasteiger partial charge in [0.2, 0.25) is 0 Å². The molecular formula is C12H14O3. The molecule has 3 heteroatoms. The van der Waals surface area contributed by atoms with E-state index in [-0.39, 0.29) is 11.9 Å². The van der Waals surface area contributed by atoms with E-state index in [1.165, 1.54) is 0 Å². The second kappa shape index (κ2) is 3.57. The Bertz CT molecular complexity index is 410. The Morgan fingerprint density at radius 1 is 1.53 bits per heavy atom. The molecule has 0 saturated heterocycles. The lowest BCUT2D eigenvalue weighted by molar-refractivity contribution is 0.0297. The highest BCUT2D eigenvalue weighted by atomic mass is 16.5. The predicted octanol–water partition coefficient (Wildman–Crippen LogP) is 2.06. The second-order valence-corrected chi connectivity index (χ2v) is 3.88. The molecule has 0 aromatic heterocycles. The van der Waals surface area contributed by atoms with Gasteiger partial charge in [-0.2, -0.15) is 0 Å². The van der Waals surface area contributed by atoms with Crippen molar-refractivity contribution < 1.29 is 14.6 Å². The van der Waals surface area contributed by atoms with E-state index in [9.17, 15) is 9.90 Å². The molecule has 1 aromatic rings. The molecule has 0 saturated carbocycles. The van der Waals surface area contributed by atoms with Gasteiger partial charge in [-0.1, -0.05) is 19.1 Å². The normalized spacial score (nSPS) is 19.6. The predicted molar refractivity (Wildman–Crippen MR) is 56.1 cm³/mol. The van der Waals surface area contributed by atoms with Crippen LogP contribution in [0.4, 0.5) is 0 Å². The Balaban J connectivity index is 2.56. The van der Waals surface area contributed by atoms with Gasteiger partial charge in [0, 0.05) is 6.42 Å². The molecule has 15 heavy (non-hydrogen) atoms. The third-order valence-corrected chi connectivity index (χ3v) is 2.75. The lowest BCUT2D eigenvalue weighted by atomic mass is 9.95. The monoisotopic (exact) mass is 206 g/mol. The summed E-state index contributed by atoms with van der Waals surface area (Å²) in [6, 6.07) is 3.78. The van der Waals surface area contributed by atoms with E-state index >= 15 is 0 Å². The highest BCUT2D eigenvalue weighted by Gasteiger charge is 2.27. The maximum atomic E-state index is 11.6. The summed E-state index contributed by atoms with van der Waals surface area (Å²) in [6.07, 6.45) is 1.29. The fourth-order valence-electron chi connectivity index (χ4n) is 1.95. The largest absolute Gasteiger partial charge is 0.507 e. The summed E-state index contributed by atoms with van der Waals surface area (Å²) >= 11 is 0. The minimum atomic E-state index is -0.406. The Kier molecular flexibility index (Phi) is 2.39. The van der Waals surface area contributed by atoms with Gasteiger partial charge in [0.15, 0.2) is 0 Å². The smallest absolute Gasteiger partial charge is 0.342 e. The molecule has 1 aromatic carbocycles. The molecule has 1 aliphatic rings. The number of cyclic esters (lactones) is 1. The van der Waals surface area contributed by atoms with E-state index in [0.29, 0.717) is 18.4 Å². The number of rotatable bonds is 1.